The summed E-state index contributed by atoms with van der Waals surface area (Å²) in [5.74, 6) is 1.06. The van der Waals surface area contributed by atoms with Gasteiger partial charge in [-0.3, -0.25) is 19.7 Å². The Kier molecular flexibility index (Phi) is 10.4. The van der Waals surface area contributed by atoms with Gasteiger partial charge in [-0.1, -0.05) is 13.8 Å². The molecule has 2 aromatic carbocycles. The molecule has 32 heavy (non-hydrogen) atoms. The quantitative estimate of drug-likeness (QED) is 0.205. The predicted molar refractivity (Wildman–Crippen MR) is 122 cm³/mol. The SMILES string of the molecule is CCCOc1ccc(C(=O)CCC(CCC(=O)c2ccc(OCCC)cc2)[N+](=O)[O-])cc1. The monoisotopic (exact) mass is 441 g/mol. The highest BCUT2D eigenvalue weighted by molar-refractivity contribution is 5.96. The normalized spacial score (nSPS) is 10.7. The minimum atomic E-state index is -0.942. The summed E-state index contributed by atoms with van der Waals surface area (Å²) >= 11 is 0. The van der Waals surface area contributed by atoms with Gasteiger partial charge in [0.1, 0.15) is 11.5 Å². The fraction of sp³-hybridized carbons (Fsp3) is 0.440. The molecule has 0 unspecified atom stereocenters. The summed E-state index contributed by atoms with van der Waals surface area (Å²) in [7, 11) is 0. The van der Waals surface area contributed by atoms with Crippen molar-refractivity contribution in [3.8, 4) is 11.5 Å². The van der Waals surface area contributed by atoms with Gasteiger partial charge in [0.15, 0.2) is 11.6 Å². The molecule has 0 aliphatic rings. The van der Waals surface area contributed by atoms with Crippen LogP contribution in [0.3, 0.4) is 0 Å². The van der Waals surface area contributed by atoms with Crippen LogP contribution in [0, 0.1) is 10.1 Å². The smallest absolute Gasteiger partial charge is 0.214 e. The molecule has 0 saturated heterocycles. The van der Waals surface area contributed by atoms with E-state index >= 15 is 0 Å². The number of ether oxygens (including phenoxy) is 2. The lowest BCUT2D eigenvalue weighted by Gasteiger charge is -2.10. The van der Waals surface area contributed by atoms with Crippen molar-refractivity contribution >= 4 is 11.6 Å². The molecule has 0 heterocycles. The van der Waals surface area contributed by atoms with E-state index in [4.69, 9.17) is 9.47 Å². The van der Waals surface area contributed by atoms with Gasteiger partial charge in [-0.25, -0.2) is 0 Å². The van der Waals surface area contributed by atoms with Gasteiger partial charge in [-0.2, -0.15) is 0 Å². The third-order valence-corrected chi connectivity index (χ3v) is 5.01. The summed E-state index contributed by atoms with van der Waals surface area (Å²) in [6.45, 7) is 5.23. The standard InChI is InChI=1S/C25H31NO6/c1-3-17-31-22-11-5-19(6-12-22)24(27)15-9-21(26(29)30)10-16-25(28)20-7-13-23(14-8-20)32-18-4-2/h5-8,11-14,21H,3-4,9-10,15-18H2,1-2H3. The number of carbonyl (C=O) groups excluding carboxylic acids is 2. The first-order valence-electron chi connectivity index (χ1n) is 11.1. The van der Waals surface area contributed by atoms with E-state index in [0.29, 0.717) is 35.8 Å². The molecule has 7 nitrogen and oxygen atoms in total. The molecule has 0 fully saturated rings. The Labute approximate surface area is 188 Å². The fourth-order valence-corrected chi connectivity index (χ4v) is 3.15. The van der Waals surface area contributed by atoms with Crippen molar-refractivity contribution in [2.45, 2.75) is 58.4 Å². The van der Waals surface area contributed by atoms with Crippen LogP contribution < -0.4 is 9.47 Å². The number of benzene rings is 2. The summed E-state index contributed by atoms with van der Waals surface area (Å²) in [5.41, 5.74) is 0.995. The van der Waals surface area contributed by atoms with Crippen molar-refractivity contribution in [3.63, 3.8) is 0 Å². The minimum absolute atomic E-state index is 0.0540. The summed E-state index contributed by atoms with van der Waals surface area (Å²) in [6.07, 6.45) is 2.08. The molecule has 0 radical (unpaired) electrons. The molecule has 0 aliphatic carbocycles. The van der Waals surface area contributed by atoms with E-state index in [0.717, 1.165) is 12.8 Å². The number of carbonyl (C=O) groups is 2. The largest absolute Gasteiger partial charge is 0.494 e. The maximum atomic E-state index is 12.4. The van der Waals surface area contributed by atoms with Crippen LogP contribution in [-0.4, -0.2) is 35.7 Å². The molecule has 0 saturated carbocycles. The topological polar surface area (TPSA) is 95.7 Å². The van der Waals surface area contributed by atoms with Gasteiger partial charge < -0.3 is 9.47 Å². The second kappa shape index (κ2) is 13.2. The summed E-state index contributed by atoms with van der Waals surface area (Å²) in [5, 5.41) is 11.4. The van der Waals surface area contributed by atoms with Crippen LogP contribution in [-0.2, 0) is 0 Å². The number of nitro groups is 1. The molecule has 7 heteroatoms. The number of hydrogen-bond donors (Lipinski definition) is 0. The van der Waals surface area contributed by atoms with E-state index in [1.54, 1.807) is 48.5 Å². The molecule has 0 aliphatic heterocycles. The summed E-state index contributed by atoms with van der Waals surface area (Å²) in [6, 6.07) is 12.7. The Morgan fingerprint density at radius 3 is 1.47 bits per heavy atom. The van der Waals surface area contributed by atoms with E-state index in [2.05, 4.69) is 0 Å². The first-order valence-corrected chi connectivity index (χ1v) is 11.1. The average molecular weight is 442 g/mol. The highest BCUT2D eigenvalue weighted by atomic mass is 16.6. The van der Waals surface area contributed by atoms with E-state index in [1.807, 2.05) is 13.8 Å². The van der Waals surface area contributed by atoms with Gasteiger partial charge in [0.2, 0.25) is 6.04 Å². The number of hydrogen-bond acceptors (Lipinski definition) is 6. The van der Waals surface area contributed by atoms with Gasteiger partial charge in [0, 0.05) is 41.7 Å². The van der Waals surface area contributed by atoms with Crippen molar-refractivity contribution in [2.75, 3.05) is 13.2 Å². The van der Waals surface area contributed by atoms with E-state index in [1.165, 1.54) is 0 Å². The third-order valence-electron chi connectivity index (χ3n) is 5.01. The van der Waals surface area contributed by atoms with Crippen LogP contribution in [0.25, 0.3) is 0 Å². The first-order chi connectivity index (χ1) is 15.4. The molecular weight excluding hydrogens is 410 g/mol. The lowest BCUT2D eigenvalue weighted by Crippen LogP contribution is -2.22. The molecule has 0 spiro atoms. The molecule has 0 bridgehead atoms. The zero-order valence-corrected chi connectivity index (χ0v) is 18.7. The Balaban J connectivity index is 1.84. The number of Topliss-reactive ketones (excluding diaryl/α,β-unsaturated/α-hetero) is 2. The minimum Gasteiger partial charge on any atom is -0.494 e. The van der Waals surface area contributed by atoms with Gasteiger partial charge in [-0.05, 0) is 61.4 Å². The summed E-state index contributed by atoms with van der Waals surface area (Å²) in [4.78, 5) is 35.9. The van der Waals surface area contributed by atoms with Crippen LogP contribution >= 0.6 is 0 Å². The molecule has 2 aromatic rings. The zero-order chi connectivity index (χ0) is 23.3. The van der Waals surface area contributed by atoms with E-state index in [9.17, 15) is 19.7 Å². The van der Waals surface area contributed by atoms with Crippen molar-refractivity contribution in [3.05, 3.63) is 69.8 Å². The highest BCUT2D eigenvalue weighted by Crippen LogP contribution is 2.18. The van der Waals surface area contributed by atoms with E-state index in [-0.39, 0.29) is 37.2 Å². The Morgan fingerprint density at radius 2 is 1.16 bits per heavy atom. The number of nitrogens with zero attached hydrogens (tertiary/aromatic N) is 1. The van der Waals surface area contributed by atoms with Gasteiger partial charge in [-0.15, -0.1) is 0 Å². The maximum absolute atomic E-state index is 12.4. The second-order valence-electron chi connectivity index (χ2n) is 7.61. The predicted octanol–water partition coefficient (Wildman–Crippen LogP) is 5.54. The molecule has 172 valence electrons. The first kappa shape index (κ1) is 25.0. The Morgan fingerprint density at radius 1 is 0.781 bits per heavy atom. The lowest BCUT2D eigenvalue weighted by molar-refractivity contribution is -0.524. The maximum Gasteiger partial charge on any atom is 0.214 e. The van der Waals surface area contributed by atoms with Crippen LogP contribution in [0.2, 0.25) is 0 Å². The molecule has 2 rings (SSSR count). The van der Waals surface area contributed by atoms with Gasteiger partial charge in [0.25, 0.3) is 0 Å². The molecular formula is C25H31NO6. The van der Waals surface area contributed by atoms with Crippen LogP contribution in [0.15, 0.2) is 48.5 Å². The highest BCUT2D eigenvalue weighted by Gasteiger charge is 2.23. The third kappa shape index (κ3) is 8.13. The summed E-state index contributed by atoms with van der Waals surface area (Å²) < 4.78 is 11.0. The molecule has 0 aromatic heterocycles. The van der Waals surface area contributed by atoms with Crippen molar-refractivity contribution in [1.82, 2.24) is 0 Å². The Bertz CT molecular complexity index is 809. The second-order valence-corrected chi connectivity index (χ2v) is 7.61. The van der Waals surface area contributed by atoms with Crippen LogP contribution in [0.1, 0.15) is 73.1 Å². The zero-order valence-electron chi connectivity index (χ0n) is 18.7. The fourth-order valence-electron chi connectivity index (χ4n) is 3.15. The van der Waals surface area contributed by atoms with Gasteiger partial charge in [0.05, 0.1) is 13.2 Å². The van der Waals surface area contributed by atoms with Crippen molar-refractivity contribution in [1.29, 1.82) is 0 Å². The molecule has 0 N–H and O–H groups in total. The van der Waals surface area contributed by atoms with Crippen LogP contribution in [0.5, 0.6) is 11.5 Å². The Hall–Kier alpha value is -3.22. The molecule has 0 amide bonds. The van der Waals surface area contributed by atoms with Gasteiger partial charge >= 0.3 is 0 Å². The van der Waals surface area contributed by atoms with Crippen molar-refractivity contribution < 1.29 is 24.0 Å². The van der Waals surface area contributed by atoms with Crippen LogP contribution in [0.4, 0.5) is 0 Å². The number of ketones is 2. The number of rotatable bonds is 15. The van der Waals surface area contributed by atoms with E-state index < -0.39 is 11.0 Å². The molecule has 0 atom stereocenters. The average Bonchev–Trinajstić information content (AvgIpc) is 2.81. The lowest BCUT2D eigenvalue weighted by atomic mass is 9.98. The van der Waals surface area contributed by atoms with Crippen molar-refractivity contribution in [2.24, 2.45) is 0 Å².